The van der Waals surface area contributed by atoms with E-state index in [-0.39, 0.29) is 18.6 Å². The molecule has 7 heteroatoms. The van der Waals surface area contributed by atoms with Gasteiger partial charge in [-0.1, -0.05) is 6.07 Å². The normalized spacial score (nSPS) is 23.6. The maximum atomic E-state index is 12.4. The molecule has 21 heavy (non-hydrogen) atoms. The third-order valence-electron chi connectivity index (χ3n) is 3.59. The van der Waals surface area contributed by atoms with Crippen molar-refractivity contribution in [2.24, 2.45) is 0 Å². The van der Waals surface area contributed by atoms with E-state index in [0.717, 1.165) is 0 Å². The van der Waals surface area contributed by atoms with Crippen molar-refractivity contribution in [2.45, 2.75) is 12.0 Å². The molecule has 3 rings (SSSR count). The van der Waals surface area contributed by atoms with Crippen LogP contribution in [0.25, 0.3) is 0 Å². The van der Waals surface area contributed by atoms with Crippen molar-refractivity contribution in [1.82, 2.24) is 5.32 Å². The van der Waals surface area contributed by atoms with Gasteiger partial charge in [-0.3, -0.25) is 4.79 Å². The highest BCUT2D eigenvalue weighted by Crippen LogP contribution is 2.34. The molecule has 1 fully saturated rings. The van der Waals surface area contributed by atoms with Gasteiger partial charge < -0.3 is 24.6 Å². The molecule has 0 aliphatic carbocycles. The molecule has 1 atom stereocenters. The van der Waals surface area contributed by atoms with Crippen molar-refractivity contribution in [2.75, 3.05) is 26.4 Å². The molecule has 112 valence electrons. The van der Waals surface area contributed by atoms with Crippen molar-refractivity contribution >= 4 is 11.9 Å². The molecule has 0 bridgehead atoms. The van der Waals surface area contributed by atoms with Gasteiger partial charge in [0.2, 0.25) is 0 Å². The van der Waals surface area contributed by atoms with E-state index < -0.39 is 17.4 Å². The van der Waals surface area contributed by atoms with Crippen LogP contribution in [0.15, 0.2) is 18.2 Å². The fraction of sp³-hybridized carbons (Fsp3) is 0.429. The van der Waals surface area contributed by atoms with Crippen LogP contribution in [0, 0.1) is 0 Å². The summed E-state index contributed by atoms with van der Waals surface area (Å²) in [4.78, 5) is 23.8. The summed E-state index contributed by atoms with van der Waals surface area (Å²) in [6, 6.07) is 4.95. The number of fused-ring (bicyclic) bond motifs is 1. The molecular formula is C14H15NO6. The Balaban J connectivity index is 1.87. The lowest BCUT2D eigenvalue weighted by Gasteiger charge is -2.25. The summed E-state index contributed by atoms with van der Waals surface area (Å²) in [7, 11) is 0. The zero-order valence-corrected chi connectivity index (χ0v) is 11.3. The molecule has 2 aliphatic rings. The second-order valence-corrected chi connectivity index (χ2v) is 4.97. The molecule has 2 heterocycles. The lowest BCUT2D eigenvalue weighted by Crippen LogP contribution is -2.55. The van der Waals surface area contributed by atoms with Crippen molar-refractivity contribution in [3.05, 3.63) is 23.8 Å². The van der Waals surface area contributed by atoms with Crippen LogP contribution in [0.5, 0.6) is 11.5 Å². The average Bonchev–Trinajstić information content (AvgIpc) is 2.96. The first-order valence-electron chi connectivity index (χ1n) is 6.65. The van der Waals surface area contributed by atoms with Crippen LogP contribution in [0.1, 0.15) is 16.8 Å². The highest BCUT2D eigenvalue weighted by molar-refractivity contribution is 6.00. The molecule has 0 saturated carbocycles. The number of para-hydroxylation sites is 1. The predicted octanol–water partition coefficient (Wildman–Crippen LogP) is 0.431. The summed E-state index contributed by atoms with van der Waals surface area (Å²) in [5.41, 5.74) is -1.12. The number of benzene rings is 1. The second-order valence-electron chi connectivity index (χ2n) is 4.97. The first kappa shape index (κ1) is 13.7. The number of ether oxygens (including phenoxy) is 3. The molecule has 2 N–H and O–H groups in total. The van der Waals surface area contributed by atoms with E-state index in [1.807, 2.05) is 0 Å². The Morgan fingerprint density at radius 3 is 2.71 bits per heavy atom. The Kier molecular flexibility index (Phi) is 3.42. The number of carbonyl (C=O) groups excluding carboxylic acids is 1. The molecule has 0 radical (unpaired) electrons. The third-order valence-corrected chi connectivity index (χ3v) is 3.59. The van der Waals surface area contributed by atoms with Crippen LogP contribution < -0.4 is 14.8 Å². The van der Waals surface area contributed by atoms with Gasteiger partial charge in [-0.25, -0.2) is 4.79 Å². The molecule has 1 saturated heterocycles. The van der Waals surface area contributed by atoms with E-state index in [1.54, 1.807) is 18.2 Å². The van der Waals surface area contributed by atoms with E-state index in [0.29, 0.717) is 31.3 Å². The fourth-order valence-electron chi connectivity index (χ4n) is 2.42. The van der Waals surface area contributed by atoms with Gasteiger partial charge >= 0.3 is 5.97 Å². The lowest BCUT2D eigenvalue weighted by atomic mass is 9.98. The molecule has 2 aliphatic heterocycles. The van der Waals surface area contributed by atoms with Crippen LogP contribution >= 0.6 is 0 Å². The molecule has 0 spiro atoms. The Morgan fingerprint density at radius 2 is 2.00 bits per heavy atom. The largest absolute Gasteiger partial charge is 0.486 e. The van der Waals surface area contributed by atoms with Crippen molar-refractivity contribution in [1.29, 1.82) is 0 Å². The van der Waals surface area contributed by atoms with Crippen LogP contribution in [0.2, 0.25) is 0 Å². The lowest BCUT2D eigenvalue weighted by molar-refractivity contribution is -0.144. The molecule has 1 amide bonds. The zero-order valence-electron chi connectivity index (χ0n) is 11.3. The van der Waals surface area contributed by atoms with Gasteiger partial charge in [0.15, 0.2) is 17.0 Å². The van der Waals surface area contributed by atoms with Gasteiger partial charge in [-0.05, 0) is 12.1 Å². The molecule has 0 aromatic heterocycles. The van der Waals surface area contributed by atoms with Crippen LogP contribution in [-0.2, 0) is 9.53 Å². The highest BCUT2D eigenvalue weighted by atomic mass is 16.6. The monoisotopic (exact) mass is 293 g/mol. The maximum absolute atomic E-state index is 12.4. The number of aliphatic carboxylic acids is 1. The van der Waals surface area contributed by atoms with Crippen LogP contribution in [-0.4, -0.2) is 48.9 Å². The van der Waals surface area contributed by atoms with E-state index >= 15 is 0 Å². The summed E-state index contributed by atoms with van der Waals surface area (Å²) >= 11 is 0. The highest BCUT2D eigenvalue weighted by Gasteiger charge is 2.44. The predicted molar refractivity (Wildman–Crippen MR) is 70.7 cm³/mol. The molecule has 7 nitrogen and oxygen atoms in total. The molecule has 1 aromatic carbocycles. The number of hydrogen-bond donors (Lipinski definition) is 2. The van der Waals surface area contributed by atoms with Crippen molar-refractivity contribution in [3.63, 3.8) is 0 Å². The van der Waals surface area contributed by atoms with E-state index in [4.69, 9.17) is 14.2 Å². The Morgan fingerprint density at radius 1 is 1.19 bits per heavy atom. The smallest absolute Gasteiger partial charge is 0.331 e. The molecule has 1 unspecified atom stereocenters. The Bertz CT molecular complexity index is 579. The minimum Gasteiger partial charge on any atom is -0.486 e. The first-order chi connectivity index (χ1) is 10.1. The maximum Gasteiger partial charge on any atom is 0.331 e. The Hall–Kier alpha value is -2.28. The number of hydrogen-bond acceptors (Lipinski definition) is 5. The standard InChI is InChI=1S/C14H15NO6/c16-12(15-14(13(17)18)4-5-19-8-14)9-2-1-3-10-11(9)21-7-6-20-10/h1-3H,4-8H2,(H,15,16)(H,17,18). The van der Waals surface area contributed by atoms with Crippen molar-refractivity contribution in [3.8, 4) is 11.5 Å². The number of carboxylic acid groups (broad SMARTS) is 1. The second kappa shape index (κ2) is 5.25. The summed E-state index contributed by atoms with van der Waals surface area (Å²) in [5.74, 6) is -0.776. The molecule has 1 aromatic rings. The van der Waals surface area contributed by atoms with Gasteiger partial charge in [0.1, 0.15) is 13.2 Å². The minimum atomic E-state index is -1.38. The first-order valence-corrected chi connectivity index (χ1v) is 6.65. The summed E-state index contributed by atoms with van der Waals surface area (Å²) in [6.45, 7) is 1.04. The molecular weight excluding hydrogens is 278 g/mol. The number of nitrogens with one attached hydrogen (secondary N) is 1. The van der Waals surface area contributed by atoms with E-state index in [1.165, 1.54) is 0 Å². The minimum absolute atomic E-state index is 0.0412. The van der Waals surface area contributed by atoms with Crippen LogP contribution in [0.4, 0.5) is 0 Å². The number of amides is 1. The number of carbonyl (C=O) groups is 2. The van der Waals surface area contributed by atoms with E-state index in [9.17, 15) is 14.7 Å². The fourth-order valence-corrected chi connectivity index (χ4v) is 2.42. The summed E-state index contributed by atoms with van der Waals surface area (Å²) < 4.78 is 16.0. The van der Waals surface area contributed by atoms with Gasteiger partial charge in [-0.15, -0.1) is 0 Å². The van der Waals surface area contributed by atoms with Crippen molar-refractivity contribution < 1.29 is 28.9 Å². The van der Waals surface area contributed by atoms with Gasteiger partial charge in [0.05, 0.1) is 12.2 Å². The SMILES string of the molecule is O=C(NC1(C(=O)O)CCOC1)c1cccc2c1OCCO2. The number of rotatable bonds is 3. The topological polar surface area (TPSA) is 94.1 Å². The quantitative estimate of drug-likeness (QED) is 0.839. The van der Waals surface area contributed by atoms with Gasteiger partial charge in [0, 0.05) is 13.0 Å². The Labute approximate surface area is 120 Å². The zero-order chi connectivity index (χ0) is 14.9. The van der Waals surface area contributed by atoms with E-state index in [2.05, 4.69) is 5.32 Å². The average molecular weight is 293 g/mol. The van der Waals surface area contributed by atoms with Crippen LogP contribution in [0.3, 0.4) is 0 Å². The summed E-state index contributed by atoms with van der Waals surface area (Å²) in [5, 5.41) is 11.9. The summed E-state index contributed by atoms with van der Waals surface area (Å²) in [6.07, 6.45) is 0.237. The van der Waals surface area contributed by atoms with Gasteiger partial charge in [0.25, 0.3) is 5.91 Å². The number of carboxylic acids is 1. The van der Waals surface area contributed by atoms with Gasteiger partial charge in [-0.2, -0.15) is 0 Å². The third kappa shape index (κ3) is 2.40.